The Hall–Kier alpha value is -4.25. The molecule has 33 heavy (non-hydrogen) atoms. The standard InChI is InChI=1S/C28H24N2O3/c1-32-23-14-13-19(16-24(23)33-2)25(28(29)31)26-21-9-5-6-10-22(21)30-27(26)20-12-11-17-7-3-4-8-18(17)15-20/h3-16,25,30H,1-2H3,(H2,29,31). The van der Waals surface area contributed by atoms with E-state index in [0.29, 0.717) is 11.5 Å². The van der Waals surface area contributed by atoms with Crippen LogP contribution in [0, 0.1) is 0 Å². The Morgan fingerprint density at radius 1 is 0.818 bits per heavy atom. The number of amides is 1. The molecule has 4 aromatic carbocycles. The molecule has 0 bridgehead atoms. The lowest BCUT2D eigenvalue weighted by atomic mass is 9.86. The molecule has 0 saturated carbocycles. The number of benzene rings is 4. The number of fused-ring (bicyclic) bond motifs is 2. The number of aromatic amines is 1. The number of hydrogen-bond donors (Lipinski definition) is 2. The molecule has 5 rings (SSSR count). The first kappa shape index (κ1) is 20.6. The van der Waals surface area contributed by atoms with Crippen molar-refractivity contribution in [3.05, 3.63) is 96.1 Å². The molecular weight excluding hydrogens is 412 g/mol. The highest BCUT2D eigenvalue weighted by molar-refractivity contribution is 6.00. The van der Waals surface area contributed by atoms with Gasteiger partial charge in [0.2, 0.25) is 5.91 Å². The molecule has 0 aliphatic rings. The third-order valence-electron chi connectivity index (χ3n) is 6.10. The lowest BCUT2D eigenvalue weighted by Crippen LogP contribution is -2.23. The fourth-order valence-electron chi connectivity index (χ4n) is 4.54. The van der Waals surface area contributed by atoms with Gasteiger partial charge < -0.3 is 20.2 Å². The maximum Gasteiger partial charge on any atom is 0.229 e. The molecular formula is C28H24N2O3. The molecule has 1 amide bonds. The van der Waals surface area contributed by atoms with Crippen LogP contribution in [-0.2, 0) is 4.79 Å². The van der Waals surface area contributed by atoms with Gasteiger partial charge in [-0.3, -0.25) is 4.79 Å². The number of methoxy groups -OCH3 is 2. The summed E-state index contributed by atoms with van der Waals surface area (Å²) in [6, 6.07) is 28.0. The number of hydrogen-bond acceptors (Lipinski definition) is 3. The summed E-state index contributed by atoms with van der Waals surface area (Å²) in [4.78, 5) is 16.5. The maximum absolute atomic E-state index is 12.9. The molecule has 3 N–H and O–H groups in total. The van der Waals surface area contributed by atoms with E-state index in [1.165, 1.54) is 0 Å². The highest BCUT2D eigenvalue weighted by atomic mass is 16.5. The maximum atomic E-state index is 12.9. The molecule has 1 atom stereocenters. The Morgan fingerprint density at radius 2 is 1.55 bits per heavy atom. The second-order valence-corrected chi connectivity index (χ2v) is 7.97. The number of ether oxygens (including phenoxy) is 2. The minimum Gasteiger partial charge on any atom is -0.493 e. The van der Waals surface area contributed by atoms with Gasteiger partial charge in [0.15, 0.2) is 11.5 Å². The van der Waals surface area contributed by atoms with Crippen LogP contribution < -0.4 is 15.2 Å². The van der Waals surface area contributed by atoms with Crippen LogP contribution >= 0.6 is 0 Å². The molecule has 164 valence electrons. The van der Waals surface area contributed by atoms with Crippen molar-refractivity contribution in [2.75, 3.05) is 14.2 Å². The van der Waals surface area contributed by atoms with E-state index >= 15 is 0 Å². The molecule has 0 spiro atoms. The van der Waals surface area contributed by atoms with E-state index < -0.39 is 11.8 Å². The summed E-state index contributed by atoms with van der Waals surface area (Å²) in [5.41, 5.74) is 10.4. The molecule has 0 fully saturated rings. The van der Waals surface area contributed by atoms with Crippen LogP contribution in [0.2, 0.25) is 0 Å². The third-order valence-corrected chi connectivity index (χ3v) is 6.10. The second kappa shape index (κ2) is 8.36. The summed E-state index contributed by atoms with van der Waals surface area (Å²) in [6.07, 6.45) is 0. The summed E-state index contributed by atoms with van der Waals surface area (Å²) >= 11 is 0. The molecule has 5 heteroatoms. The van der Waals surface area contributed by atoms with Crippen molar-refractivity contribution in [2.45, 2.75) is 5.92 Å². The van der Waals surface area contributed by atoms with Gasteiger partial charge >= 0.3 is 0 Å². The Labute approximate surface area is 191 Å². The van der Waals surface area contributed by atoms with Gasteiger partial charge in [-0.05, 0) is 46.2 Å². The number of nitrogens with one attached hydrogen (secondary N) is 1. The van der Waals surface area contributed by atoms with Gasteiger partial charge in [-0.25, -0.2) is 0 Å². The summed E-state index contributed by atoms with van der Waals surface area (Å²) in [6.45, 7) is 0. The largest absolute Gasteiger partial charge is 0.493 e. The van der Waals surface area contributed by atoms with Gasteiger partial charge in [0.25, 0.3) is 0 Å². The van der Waals surface area contributed by atoms with Gasteiger partial charge in [-0.15, -0.1) is 0 Å². The van der Waals surface area contributed by atoms with E-state index in [4.69, 9.17) is 15.2 Å². The fraction of sp³-hybridized carbons (Fsp3) is 0.107. The van der Waals surface area contributed by atoms with Gasteiger partial charge in [-0.2, -0.15) is 0 Å². The van der Waals surface area contributed by atoms with E-state index in [2.05, 4.69) is 35.3 Å². The number of primary amides is 1. The Balaban J connectivity index is 1.77. The normalized spacial score (nSPS) is 12.1. The zero-order chi connectivity index (χ0) is 22.9. The van der Waals surface area contributed by atoms with E-state index in [-0.39, 0.29) is 0 Å². The van der Waals surface area contributed by atoms with E-state index in [1.54, 1.807) is 20.3 Å². The highest BCUT2D eigenvalue weighted by Crippen LogP contribution is 2.41. The average Bonchev–Trinajstić information content (AvgIpc) is 3.22. The smallest absolute Gasteiger partial charge is 0.229 e. The molecule has 1 aromatic heterocycles. The Bertz CT molecular complexity index is 1490. The van der Waals surface area contributed by atoms with Crippen molar-refractivity contribution in [1.82, 2.24) is 4.98 Å². The van der Waals surface area contributed by atoms with Crippen LogP contribution in [-0.4, -0.2) is 25.1 Å². The molecule has 5 aromatic rings. The Kier molecular flexibility index (Phi) is 5.23. The van der Waals surface area contributed by atoms with Crippen molar-refractivity contribution < 1.29 is 14.3 Å². The van der Waals surface area contributed by atoms with Crippen molar-refractivity contribution in [1.29, 1.82) is 0 Å². The molecule has 5 nitrogen and oxygen atoms in total. The lowest BCUT2D eigenvalue weighted by Gasteiger charge is -2.18. The number of H-pyrrole nitrogens is 1. The van der Waals surface area contributed by atoms with Gasteiger partial charge in [0.1, 0.15) is 0 Å². The Morgan fingerprint density at radius 3 is 2.30 bits per heavy atom. The summed E-state index contributed by atoms with van der Waals surface area (Å²) in [5, 5.41) is 3.24. The van der Waals surface area contributed by atoms with Crippen LogP contribution in [0.3, 0.4) is 0 Å². The molecule has 0 aliphatic carbocycles. The summed E-state index contributed by atoms with van der Waals surface area (Å²) in [5.74, 6) is 0.0305. The van der Waals surface area contributed by atoms with E-state index in [9.17, 15) is 4.79 Å². The van der Waals surface area contributed by atoms with Crippen molar-refractivity contribution >= 4 is 27.6 Å². The number of rotatable bonds is 6. The van der Waals surface area contributed by atoms with Crippen LogP contribution in [0.1, 0.15) is 17.0 Å². The van der Waals surface area contributed by atoms with Crippen LogP contribution in [0.5, 0.6) is 11.5 Å². The first-order chi connectivity index (χ1) is 16.1. The highest BCUT2D eigenvalue weighted by Gasteiger charge is 2.28. The van der Waals surface area contributed by atoms with Gasteiger partial charge in [0.05, 0.1) is 25.8 Å². The number of aromatic nitrogens is 1. The predicted molar refractivity (Wildman–Crippen MR) is 132 cm³/mol. The zero-order valence-electron chi connectivity index (χ0n) is 18.5. The number of carbonyl (C=O) groups excluding carboxylic acids is 1. The molecule has 0 aliphatic heterocycles. The molecule has 1 heterocycles. The molecule has 0 radical (unpaired) electrons. The lowest BCUT2D eigenvalue weighted by molar-refractivity contribution is -0.118. The number of para-hydroxylation sites is 1. The monoisotopic (exact) mass is 436 g/mol. The fourth-order valence-corrected chi connectivity index (χ4v) is 4.54. The van der Waals surface area contributed by atoms with Crippen molar-refractivity contribution in [2.24, 2.45) is 5.73 Å². The van der Waals surface area contributed by atoms with Gasteiger partial charge in [0, 0.05) is 16.5 Å². The summed E-state index contributed by atoms with van der Waals surface area (Å²) in [7, 11) is 3.16. The van der Waals surface area contributed by atoms with Crippen molar-refractivity contribution in [3.8, 4) is 22.8 Å². The van der Waals surface area contributed by atoms with Gasteiger partial charge in [-0.1, -0.05) is 60.7 Å². The number of carbonyl (C=O) groups is 1. The van der Waals surface area contributed by atoms with Crippen LogP contribution in [0.15, 0.2) is 84.9 Å². The van der Waals surface area contributed by atoms with Crippen LogP contribution in [0.25, 0.3) is 32.9 Å². The topological polar surface area (TPSA) is 77.3 Å². The predicted octanol–water partition coefficient (Wildman–Crippen LogP) is 5.62. The number of nitrogens with two attached hydrogens (primary N) is 1. The first-order valence-electron chi connectivity index (χ1n) is 10.7. The third kappa shape index (κ3) is 3.57. The minimum atomic E-state index is -0.678. The average molecular weight is 437 g/mol. The van der Waals surface area contributed by atoms with Crippen molar-refractivity contribution in [3.63, 3.8) is 0 Å². The summed E-state index contributed by atoms with van der Waals surface area (Å²) < 4.78 is 10.9. The molecule has 1 unspecified atom stereocenters. The minimum absolute atomic E-state index is 0.436. The zero-order valence-corrected chi connectivity index (χ0v) is 18.5. The first-order valence-corrected chi connectivity index (χ1v) is 10.7. The van der Waals surface area contributed by atoms with E-state index in [0.717, 1.165) is 44.1 Å². The molecule has 0 saturated heterocycles. The second-order valence-electron chi connectivity index (χ2n) is 7.97. The SMILES string of the molecule is COc1ccc(C(C(N)=O)c2c(-c3ccc4ccccc4c3)[nH]c3ccccc23)cc1OC. The van der Waals surface area contributed by atoms with Crippen LogP contribution in [0.4, 0.5) is 0 Å². The quantitative estimate of drug-likeness (QED) is 0.363. The van der Waals surface area contributed by atoms with E-state index in [1.807, 2.05) is 48.5 Å².